The zero-order valence-corrected chi connectivity index (χ0v) is 10.8. The van der Waals surface area contributed by atoms with Crippen molar-refractivity contribution in [1.82, 2.24) is 5.32 Å². The lowest BCUT2D eigenvalue weighted by Gasteiger charge is -2.29. The van der Waals surface area contributed by atoms with E-state index in [1.165, 1.54) is 7.11 Å². The number of hydrogen-bond acceptors (Lipinski definition) is 4. The quantitative estimate of drug-likeness (QED) is 0.629. The van der Waals surface area contributed by atoms with Gasteiger partial charge in [-0.2, -0.15) is 0 Å². The molecule has 0 amide bonds. The van der Waals surface area contributed by atoms with Gasteiger partial charge in [0.25, 0.3) is 0 Å². The third kappa shape index (κ3) is 2.63. The molecule has 0 saturated heterocycles. The summed E-state index contributed by atoms with van der Waals surface area (Å²) in [7, 11) is 2.89. The maximum Gasteiger partial charge on any atom is 0.330 e. The number of terminal acetylenes is 1. The van der Waals surface area contributed by atoms with Crippen LogP contribution in [0, 0.1) is 12.3 Å². The third-order valence-corrected chi connectivity index (χ3v) is 2.78. The van der Waals surface area contributed by atoms with Crippen molar-refractivity contribution >= 4 is 5.97 Å². The zero-order valence-electron chi connectivity index (χ0n) is 10.8. The van der Waals surface area contributed by atoms with Gasteiger partial charge in [-0.3, -0.25) is 5.32 Å². The van der Waals surface area contributed by atoms with Crippen LogP contribution in [0.5, 0.6) is 5.75 Å². The van der Waals surface area contributed by atoms with Gasteiger partial charge < -0.3 is 9.47 Å². The zero-order chi connectivity index (χ0) is 13.6. The Morgan fingerprint density at radius 2 is 2.11 bits per heavy atom. The molecule has 1 aromatic rings. The number of para-hydroxylation sites is 1. The number of benzene rings is 1. The molecule has 4 heteroatoms. The fraction of sp³-hybridized carbons (Fsp3) is 0.357. The molecule has 4 nitrogen and oxygen atoms in total. The lowest BCUT2D eigenvalue weighted by molar-refractivity contribution is -0.148. The summed E-state index contributed by atoms with van der Waals surface area (Å²) in [5.74, 6) is 2.64. The average Bonchev–Trinajstić information content (AvgIpc) is 2.43. The van der Waals surface area contributed by atoms with E-state index in [2.05, 4.69) is 11.2 Å². The maximum absolute atomic E-state index is 12.0. The second-order valence-corrected chi connectivity index (χ2v) is 3.87. The van der Waals surface area contributed by atoms with Crippen molar-refractivity contribution in [3.8, 4) is 18.1 Å². The SMILES string of the molecule is C#CCNC(C)(C(=O)OC)c1ccccc1OC. The summed E-state index contributed by atoms with van der Waals surface area (Å²) < 4.78 is 10.1. The molecule has 0 aliphatic rings. The predicted molar refractivity (Wildman–Crippen MR) is 69.2 cm³/mol. The molecule has 96 valence electrons. The molecule has 0 aliphatic carbocycles. The highest BCUT2D eigenvalue weighted by atomic mass is 16.5. The Kier molecular flexibility index (Phi) is 4.75. The first-order valence-electron chi connectivity index (χ1n) is 5.50. The molecule has 0 bridgehead atoms. The topological polar surface area (TPSA) is 47.6 Å². The Balaban J connectivity index is 3.25. The Morgan fingerprint density at radius 1 is 1.44 bits per heavy atom. The molecule has 1 aromatic carbocycles. The number of methoxy groups -OCH3 is 2. The van der Waals surface area contributed by atoms with Gasteiger partial charge >= 0.3 is 5.97 Å². The number of carbonyl (C=O) groups is 1. The van der Waals surface area contributed by atoms with Gasteiger partial charge in [-0.05, 0) is 13.0 Å². The van der Waals surface area contributed by atoms with E-state index in [0.717, 1.165) is 0 Å². The molecule has 0 fully saturated rings. The van der Waals surface area contributed by atoms with Crippen LogP contribution in [0.3, 0.4) is 0 Å². The Morgan fingerprint density at radius 3 is 2.67 bits per heavy atom. The van der Waals surface area contributed by atoms with E-state index in [1.807, 2.05) is 12.1 Å². The van der Waals surface area contributed by atoms with E-state index in [-0.39, 0.29) is 6.54 Å². The van der Waals surface area contributed by atoms with Crippen LogP contribution in [0.15, 0.2) is 24.3 Å². The lowest BCUT2D eigenvalue weighted by Crippen LogP contribution is -2.47. The van der Waals surface area contributed by atoms with Crippen molar-refractivity contribution < 1.29 is 14.3 Å². The van der Waals surface area contributed by atoms with Crippen molar-refractivity contribution in [2.24, 2.45) is 0 Å². The summed E-state index contributed by atoms with van der Waals surface area (Å²) in [6.45, 7) is 1.97. The number of rotatable bonds is 5. The van der Waals surface area contributed by atoms with Gasteiger partial charge in [0.05, 0.1) is 20.8 Å². The summed E-state index contributed by atoms with van der Waals surface area (Å²) in [5.41, 5.74) is -0.345. The van der Waals surface area contributed by atoms with Gasteiger partial charge in [-0.25, -0.2) is 4.79 Å². The highest BCUT2D eigenvalue weighted by Crippen LogP contribution is 2.30. The monoisotopic (exact) mass is 247 g/mol. The molecule has 0 heterocycles. The van der Waals surface area contributed by atoms with Crippen LogP contribution in [0.4, 0.5) is 0 Å². The van der Waals surface area contributed by atoms with Crippen LogP contribution in [0.2, 0.25) is 0 Å². The van der Waals surface area contributed by atoms with Crippen LogP contribution in [-0.4, -0.2) is 26.7 Å². The first-order valence-corrected chi connectivity index (χ1v) is 5.50. The molecule has 1 N–H and O–H groups in total. The van der Waals surface area contributed by atoms with Gasteiger partial charge in [-0.15, -0.1) is 6.42 Å². The fourth-order valence-electron chi connectivity index (χ4n) is 1.77. The van der Waals surface area contributed by atoms with Gasteiger partial charge in [0.15, 0.2) is 0 Å². The molecule has 18 heavy (non-hydrogen) atoms. The van der Waals surface area contributed by atoms with Crippen molar-refractivity contribution in [1.29, 1.82) is 0 Å². The molecule has 0 aromatic heterocycles. The molecule has 1 atom stereocenters. The van der Waals surface area contributed by atoms with Crippen molar-refractivity contribution in [2.75, 3.05) is 20.8 Å². The number of nitrogens with one attached hydrogen (secondary N) is 1. The molecule has 0 saturated carbocycles. The second kappa shape index (κ2) is 6.08. The standard InChI is InChI=1S/C14H17NO3/c1-5-10-15-14(2,13(16)18-4)11-8-6-7-9-12(11)17-3/h1,6-9,15H,10H2,2-4H3. The third-order valence-electron chi connectivity index (χ3n) is 2.78. The molecular formula is C14H17NO3. The van der Waals surface area contributed by atoms with Gasteiger partial charge in [0.1, 0.15) is 11.3 Å². The average molecular weight is 247 g/mol. The Bertz CT molecular complexity index is 464. The largest absolute Gasteiger partial charge is 0.496 e. The lowest BCUT2D eigenvalue weighted by atomic mass is 9.91. The van der Waals surface area contributed by atoms with E-state index in [1.54, 1.807) is 26.2 Å². The van der Waals surface area contributed by atoms with E-state index in [4.69, 9.17) is 15.9 Å². The minimum Gasteiger partial charge on any atom is -0.496 e. The molecule has 1 unspecified atom stereocenters. The van der Waals surface area contributed by atoms with E-state index in [9.17, 15) is 4.79 Å². The van der Waals surface area contributed by atoms with Crippen molar-refractivity contribution in [2.45, 2.75) is 12.5 Å². The first-order chi connectivity index (χ1) is 8.60. The summed E-state index contributed by atoms with van der Waals surface area (Å²) >= 11 is 0. The van der Waals surface area contributed by atoms with Crippen LogP contribution in [0.25, 0.3) is 0 Å². The van der Waals surface area contributed by atoms with Crippen LogP contribution < -0.4 is 10.1 Å². The highest BCUT2D eigenvalue weighted by Gasteiger charge is 2.38. The van der Waals surface area contributed by atoms with E-state index >= 15 is 0 Å². The molecular weight excluding hydrogens is 230 g/mol. The smallest absolute Gasteiger partial charge is 0.330 e. The molecule has 1 rings (SSSR count). The summed E-state index contributed by atoms with van der Waals surface area (Å²) in [6.07, 6.45) is 5.23. The van der Waals surface area contributed by atoms with Crippen LogP contribution in [0.1, 0.15) is 12.5 Å². The minimum atomic E-state index is -1.03. The Hall–Kier alpha value is -1.99. The first kappa shape index (κ1) is 14.1. The van der Waals surface area contributed by atoms with Crippen molar-refractivity contribution in [3.63, 3.8) is 0 Å². The van der Waals surface area contributed by atoms with E-state index < -0.39 is 11.5 Å². The van der Waals surface area contributed by atoms with E-state index in [0.29, 0.717) is 11.3 Å². The minimum absolute atomic E-state index is 0.254. The fourth-order valence-corrected chi connectivity index (χ4v) is 1.77. The number of esters is 1. The summed E-state index contributed by atoms with van der Waals surface area (Å²) in [4.78, 5) is 12.0. The summed E-state index contributed by atoms with van der Waals surface area (Å²) in [5, 5.41) is 3.00. The molecule has 0 spiro atoms. The van der Waals surface area contributed by atoms with Gasteiger partial charge in [-0.1, -0.05) is 24.1 Å². The van der Waals surface area contributed by atoms with Crippen LogP contribution in [-0.2, 0) is 15.1 Å². The maximum atomic E-state index is 12.0. The molecule has 0 radical (unpaired) electrons. The number of carbonyl (C=O) groups excluding carboxylic acids is 1. The second-order valence-electron chi connectivity index (χ2n) is 3.87. The van der Waals surface area contributed by atoms with Crippen molar-refractivity contribution in [3.05, 3.63) is 29.8 Å². The number of hydrogen-bond donors (Lipinski definition) is 1. The van der Waals surface area contributed by atoms with Gasteiger partial charge in [0.2, 0.25) is 0 Å². The Labute approximate surface area is 107 Å². The summed E-state index contributed by atoms with van der Waals surface area (Å²) in [6, 6.07) is 7.26. The predicted octanol–water partition coefficient (Wildman–Crippen LogP) is 1.31. The molecule has 0 aliphatic heterocycles. The normalized spacial score (nSPS) is 13.2. The van der Waals surface area contributed by atoms with Crippen LogP contribution >= 0.6 is 0 Å². The highest BCUT2D eigenvalue weighted by molar-refractivity contribution is 5.83. The number of ether oxygens (including phenoxy) is 2. The van der Waals surface area contributed by atoms with Gasteiger partial charge in [0, 0.05) is 5.56 Å².